The fourth-order valence-electron chi connectivity index (χ4n) is 1.44. The first-order valence-corrected chi connectivity index (χ1v) is 5.89. The predicted molar refractivity (Wildman–Crippen MR) is 64.8 cm³/mol. The number of carbonyl (C=O) groups is 1. The largest absolute Gasteiger partial charge is 0.481 e. The van der Waals surface area contributed by atoms with E-state index in [9.17, 15) is 4.79 Å². The fourth-order valence-corrected chi connectivity index (χ4v) is 2.16. The zero-order valence-electron chi connectivity index (χ0n) is 9.44. The van der Waals surface area contributed by atoms with Crippen LogP contribution in [0.5, 0.6) is 0 Å². The first-order chi connectivity index (χ1) is 8.06. The molecule has 0 amide bonds. The minimum Gasteiger partial charge on any atom is -0.481 e. The molecular weight excluding hydrogens is 240 g/mol. The molecule has 2 heterocycles. The zero-order chi connectivity index (χ0) is 12.4. The van der Waals surface area contributed by atoms with Gasteiger partial charge in [0.1, 0.15) is 0 Å². The number of thiazole rings is 1. The molecule has 0 radical (unpaired) electrons. The van der Waals surface area contributed by atoms with E-state index >= 15 is 0 Å². The predicted octanol–water partition coefficient (Wildman–Crippen LogP) is 1.85. The highest BCUT2D eigenvalue weighted by molar-refractivity contribution is 7.13. The maximum Gasteiger partial charge on any atom is 0.309 e. The van der Waals surface area contributed by atoms with E-state index < -0.39 is 5.97 Å². The summed E-state index contributed by atoms with van der Waals surface area (Å²) in [7, 11) is 0. The molecule has 7 heteroatoms. The van der Waals surface area contributed by atoms with E-state index in [4.69, 9.17) is 5.11 Å². The average molecular weight is 252 g/mol. The van der Waals surface area contributed by atoms with Crippen molar-refractivity contribution < 1.29 is 9.90 Å². The van der Waals surface area contributed by atoms with Gasteiger partial charge < -0.3 is 10.4 Å². The summed E-state index contributed by atoms with van der Waals surface area (Å²) in [6, 6.07) is 0. The van der Waals surface area contributed by atoms with Gasteiger partial charge in [-0.1, -0.05) is 0 Å². The van der Waals surface area contributed by atoms with E-state index in [0.717, 1.165) is 17.1 Å². The molecule has 0 bridgehead atoms. The number of aliphatic carboxylic acids is 1. The molecule has 0 saturated carbocycles. The Morgan fingerprint density at radius 1 is 1.59 bits per heavy atom. The van der Waals surface area contributed by atoms with Crippen LogP contribution in [-0.2, 0) is 11.2 Å². The molecule has 0 atom stereocenters. The Balaban J connectivity index is 2.14. The van der Waals surface area contributed by atoms with E-state index in [-0.39, 0.29) is 6.42 Å². The standard InChI is InChI=1S/C10H12N4O2S/c1-5-9(6(2)14-13-5)12-10-11-7(4-17-10)3-8(15)16/h4H,3H2,1-2H3,(H,11,12)(H,13,14)(H,15,16). The number of anilines is 2. The molecule has 0 aliphatic carbocycles. The number of carboxylic acids is 1. The second kappa shape index (κ2) is 4.54. The van der Waals surface area contributed by atoms with Gasteiger partial charge in [0.05, 0.1) is 29.2 Å². The van der Waals surface area contributed by atoms with Crippen LogP contribution in [-0.4, -0.2) is 26.3 Å². The average Bonchev–Trinajstić information content (AvgIpc) is 2.79. The van der Waals surface area contributed by atoms with Gasteiger partial charge in [-0.2, -0.15) is 5.10 Å². The van der Waals surface area contributed by atoms with Gasteiger partial charge in [0.15, 0.2) is 5.13 Å². The third-order valence-corrected chi connectivity index (χ3v) is 3.05. The van der Waals surface area contributed by atoms with Crippen LogP contribution in [0.15, 0.2) is 5.38 Å². The number of nitrogens with one attached hydrogen (secondary N) is 2. The zero-order valence-corrected chi connectivity index (χ0v) is 10.3. The molecule has 0 saturated heterocycles. The molecule has 0 aromatic carbocycles. The van der Waals surface area contributed by atoms with Gasteiger partial charge >= 0.3 is 5.97 Å². The van der Waals surface area contributed by atoms with Gasteiger partial charge in [-0.3, -0.25) is 9.89 Å². The molecule has 2 rings (SSSR count). The van der Waals surface area contributed by atoms with Crippen LogP contribution < -0.4 is 5.32 Å². The fraction of sp³-hybridized carbons (Fsp3) is 0.300. The monoisotopic (exact) mass is 252 g/mol. The molecule has 0 fully saturated rings. The number of H-pyrrole nitrogens is 1. The van der Waals surface area contributed by atoms with Crippen molar-refractivity contribution >= 4 is 28.1 Å². The van der Waals surface area contributed by atoms with Crippen molar-refractivity contribution in [2.45, 2.75) is 20.3 Å². The first-order valence-electron chi connectivity index (χ1n) is 5.01. The number of rotatable bonds is 4. The van der Waals surface area contributed by atoms with Gasteiger partial charge in [0, 0.05) is 5.38 Å². The summed E-state index contributed by atoms with van der Waals surface area (Å²) in [5, 5.41) is 21.1. The Hall–Kier alpha value is -1.89. The summed E-state index contributed by atoms with van der Waals surface area (Å²) < 4.78 is 0. The molecule has 2 aromatic heterocycles. The number of carboxylic acid groups (broad SMARTS) is 1. The van der Waals surface area contributed by atoms with Crippen molar-refractivity contribution in [3.63, 3.8) is 0 Å². The van der Waals surface area contributed by atoms with Crippen LogP contribution in [0.2, 0.25) is 0 Å². The van der Waals surface area contributed by atoms with Gasteiger partial charge in [-0.15, -0.1) is 11.3 Å². The van der Waals surface area contributed by atoms with Crippen molar-refractivity contribution in [3.05, 3.63) is 22.5 Å². The van der Waals surface area contributed by atoms with Crippen LogP contribution in [0.1, 0.15) is 17.1 Å². The molecule has 0 spiro atoms. The van der Waals surface area contributed by atoms with Crippen molar-refractivity contribution in [2.24, 2.45) is 0 Å². The number of aromatic amines is 1. The first kappa shape index (κ1) is 11.6. The van der Waals surface area contributed by atoms with Gasteiger partial charge in [-0.05, 0) is 13.8 Å². The second-order valence-electron chi connectivity index (χ2n) is 3.65. The van der Waals surface area contributed by atoms with Crippen LogP contribution in [0, 0.1) is 13.8 Å². The van der Waals surface area contributed by atoms with E-state index in [1.54, 1.807) is 5.38 Å². The Morgan fingerprint density at radius 3 is 2.94 bits per heavy atom. The molecule has 0 aliphatic rings. The number of hydrogen-bond acceptors (Lipinski definition) is 5. The van der Waals surface area contributed by atoms with Crippen molar-refractivity contribution in [1.82, 2.24) is 15.2 Å². The minimum absolute atomic E-state index is 0.0540. The van der Waals surface area contributed by atoms with Crippen molar-refractivity contribution in [3.8, 4) is 0 Å². The Kier molecular flexibility index (Phi) is 3.10. The highest BCUT2D eigenvalue weighted by atomic mass is 32.1. The van der Waals surface area contributed by atoms with Crippen molar-refractivity contribution in [2.75, 3.05) is 5.32 Å². The van der Waals surface area contributed by atoms with E-state index in [2.05, 4.69) is 20.5 Å². The maximum absolute atomic E-state index is 10.5. The van der Waals surface area contributed by atoms with Crippen LogP contribution >= 0.6 is 11.3 Å². The lowest BCUT2D eigenvalue weighted by Gasteiger charge is -2.01. The lowest BCUT2D eigenvalue weighted by molar-refractivity contribution is -0.136. The van der Waals surface area contributed by atoms with Crippen LogP contribution in [0.4, 0.5) is 10.8 Å². The maximum atomic E-state index is 10.5. The Morgan fingerprint density at radius 2 is 2.35 bits per heavy atom. The minimum atomic E-state index is -0.877. The molecule has 6 nitrogen and oxygen atoms in total. The van der Waals surface area contributed by atoms with Gasteiger partial charge in [-0.25, -0.2) is 4.98 Å². The summed E-state index contributed by atoms with van der Waals surface area (Å²) >= 11 is 1.38. The van der Waals surface area contributed by atoms with Crippen LogP contribution in [0.25, 0.3) is 0 Å². The lowest BCUT2D eigenvalue weighted by Crippen LogP contribution is -2.00. The van der Waals surface area contributed by atoms with E-state index in [1.807, 2.05) is 13.8 Å². The normalized spacial score (nSPS) is 10.5. The number of hydrogen-bond donors (Lipinski definition) is 3. The molecular formula is C10H12N4O2S. The molecule has 0 unspecified atom stereocenters. The Labute approximate surface area is 102 Å². The quantitative estimate of drug-likeness (QED) is 0.772. The Bertz CT molecular complexity index is 527. The second-order valence-corrected chi connectivity index (χ2v) is 4.51. The summed E-state index contributed by atoms with van der Waals surface area (Å²) in [4.78, 5) is 14.7. The van der Waals surface area contributed by atoms with Gasteiger partial charge in [0.2, 0.25) is 0 Å². The molecule has 2 aromatic rings. The lowest BCUT2D eigenvalue weighted by atomic mass is 10.3. The topological polar surface area (TPSA) is 90.9 Å². The van der Waals surface area contributed by atoms with Gasteiger partial charge in [0.25, 0.3) is 0 Å². The van der Waals surface area contributed by atoms with E-state index in [0.29, 0.717) is 10.8 Å². The third kappa shape index (κ3) is 2.62. The third-order valence-electron chi connectivity index (χ3n) is 2.24. The van der Waals surface area contributed by atoms with E-state index in [1.165, 1.54) is 11.3 Å². The smallest absolute Gasteiger partial charge is 0.309 e. The molecule has 3 N–H and O–H groups in total. The van der Waals surface area contributed by atoms with Crippen molar-refractivity contribution in [1.29, 1.82) is 0 Å². The highest BCUT2D eigenvalue weighted by Gasteiger charge is 2.10. The summed E-state index contributed by atoms with van der Waals surface area (Å²) in [5.41, 5.74) is 3.24. The molecule has 17 heavy (non-hydrogen) atoms. The highest BCUT2D eigenvalue weighted by Crippen LogP contribution is 2.24. The summed E-state index contributed by atoms with van der Waals surface area (Å²) in [5.74, 6) is -0.877. The number of aromatic nitrogens is 3. The molecule has 0 aliphatic heterocycles. The SMILES string of the molecule is Cc1n[nH]c(C)c1Nc1nc(CC(=O)O)cs1. The summed E-state index contributed by atoms with van der Waals surface area (Å²) in [6.45, 7) is 3.80. The molecule has 90 valence electrons. The number of nitrogens with zero attached hydrogens (tertiary/aromatic N) is 2. The summed E-state index contributed by atoms with van der Waals surface area (Å²) in [6.07, 6.45) is -0.0540. The number of aryl methyl sites for hydroxylation is 2. The van der Waals surface area contributed by atoms with Crippen LogP contribution in [0.3, 0.4) is 0 Å².